The largest absolute Gasteiger partial charge is 0.496 e. The third-order valence-electron chi connectivity index (χ3n) is 5.44. The average molecular weight is 533 g/mol. The van der Waals surface area contributed by atoms with Crippen LogP contribution >= 0.6 is 11.6 Å². The van der Waals surface area contributed by atoms with Crippen molar-refractivity contribution in [3.8, 4) is 5.75 Å². The first-order valence-corrected chi connectivity index (χ1v) is 11.7. The number of hydrogen-bond acceptors (Lipinski definition) is 6. The number of hydrogen-bond donors (Lipinski definition) is 4. The average Bonchev–Trinajstić information content (AvgIpc) is 2.85. The van der Waals surface area contributed by atoms with E-state index in [1.165, 1.54) is 31.4 Å². The first-order valence-electron chi connectivity index (χ1n) is 11.3. The maximum absolute atomic E-state index is 13.2. The molecule has 0 aliphatic rings. The van der Waals surface area contributed by atoms with Crippen LogP contribution in [0.25, 0.3) is 0 Å². The summed E-state index contributed by atoms with van der Waals surface area (Å²) in [5.41, 5.74) is 6.27. The van der Waals surface area contributed by atoms with E-state index in [4.69, 9.17) is 27.2 Å². The van der Waals surface area contributed by atoms with Gasteiger partial charge in [0.25, 0.3) is 0 Å². The van der Waals surface area contributed by atoms with Gasteiger partial charge in [-0.25, -0.2) is 9.59 Å². The third-order valence-corrected chi connectivity index (χ3v) is 5.67. The van der Waals surface area contributed by atoms with Gasteiger partial charge >= 0.3 is 12.0 Å². The number of aromatic carboxylic acids is 1. The minimum absolute atomic E-state index is 0.0449. The molecule has 0 saturated heterocycles. The number of imide groups is 1. The summed E-state index contributed by atoms with van der Waals surface area (Å²) in [6, 6.07) is 8.37. The summed E-state index contributed by atoms with van der Waals surface area (Å²) < 4.78 is 5.30. The van der Waals surface area contributed by atoms with Gasteiger partial charge in [-0.05, 0) is 60.9 Å². The van der Waals surface area contributed by atoms with Gasteiger partial charge in [0.05, 0.1) is 12.7 Å². The Hall–Kier alpha value is -4.12. The number of primary amides is 1. The molecular weight excluding hydrogens is 504 g/mol. The number of nitrogens with zero attached hydrogens (tertiary/aromatic N) is 1. The number of rotatable bonds is 11. The molecule has 2 atom stereocenters. The zero-order chi connectivity index (χ0) is 27.7. The van der Waals surface area contributed by atoms with Crippen molar-refractivity contribution >= 4 is 47.0 Å². The van der Waals surface area contributed by atoms with Gasteiger partial charge in [0.15, 0.2) is 0 Å². The van der Waals surface area contributed by atoms with Crippen molar-refractivity contribution in [3.05, 3.63) is 58.6 Å². The number of ether oxygens (including phenoxy) is 1. The molecule has 198 valence electrons. The highest BCUT2D eigenvalue weighted by molar-refractivity contribution is 6.30. The minimum atomic E-state index is -1.11. The van der Waals surface area contributed by atoms with Crippen LogP contribution in [0.15, 0.2) is 42.5 Å². The molecule has 0 aliphatic carbocycles. The maximum Gasteiger partial charge on any atom is 0.335 e. The number of nitrogens with two attached hydrogens (primary N) is 1. The molecule has 0 aromatic heterocycles. The van der Waals surface area contributed by atoms with E-state index in [1.54, 1.807) is 32.0 Å². The Bertz CT molecular complexity index is 1170. The van der Waals surface area contributed by atoms with Crippen molar-refractivity contribution in [1.82, 2.24) is 10.2 Å². The second-order valence-electron chi connectivity index (χ2n) is 8.23. The molecule has 0 heterocycles. The van der Waals surface area contributed by atoms with Crippen LogP contribution in [0.2, 0.25) is 5.02 Å². The molecule has 0 radical (unpaired) electrons. The molecule has 0 saturated carbocycles. The van der Waals surface area contributed by atoms with Crippen LogP contribution in [0.5, 0.6) is 5.75 Å². The molecule has 2 unspecified atom stereocenters. The van der Waals surface area contributed by atoms with Gasteiger partial charge in [-0.3, -0.25) is 19.3 Å². The fourth-order valence-corrected chi connectivity index (χ4v) is 3.70. The van der Waals surface area contributed by atoms with Crippen molar-refractivity contribution < 1.29 is 33.8 Å². The Balaban J connectivity index is 2.15. The van der Waals surface area contributed by atoms with Crippen molar-refractivity contribution in [1.29, 1.82) is 0 Å². The lowest BCUT2D eigenvalue weighted by molar-refractivity contribution is -0.135. The molecular formula is C25H29ClN4O7. The smallest absolute Gasteiger partial charge is 0.335 e. The van der Waals surface area contributed by atoms with Gasteiger partial charge in [0.2, 0.25) is 17.7 Å². The Kier molecular flexibility index (Phi) is 10.4. The molecule has 37 heavy (non-hydrogen) atoms. The van der Waals surface area contributed by atoms with Gasteiger partial charge in [-0.1, -0.05) is 25.4 Å². The molecule has 0 aliphatic heterocycles. The summed E-state index contributed by atoms with van der Waals surface area (Å²) in [6.45, 7) is 2.54. The number of anilines is 1. The lowest BCUT2D eigenvalue weighted by atomic mass is 9.99. The van der Waals surface area contributed by atoms with Crippen LogP contribution in [0, 0.1) is 5.92 Å². The fraction of sp³-hybridized carbons (Fsp3) is 0.320. The van der Waals surface area contributed by atoms with Crippen LogP contribution in [0.4, 0.5) is 10.5 Å². The van der Waals surface area contributed by atoms with Gasteiger partial charge < -0.3 is 26.2 Å². The molecule has 11 nitrogen and oxygen atoms in total. The molecule has 5 amide bonds. The number of benzene rings is 2. The standard InChI is InChI=1S/C25H29ClN4O7/c1-4-19(22(32)28-18-8-5-15(6-9-18)24(34)35)29-25(36)30(13-21(27)31)23(33)14(2)11-16-12-17(26)7-10-20(16)37-3/h5-10,12,14,19H,4,11,13H2,1-3H3,(H2,27,31)(H,28,32)(H,29,36)(H,34,35). The zero-order valence-corrected chi connectivity index (χ0v) is 21.4. The summed E-state index contributed by atoms with van der Waals surface area (Å²) >= 11 is 6.06. The number of carbonyl (C=O) groups is 5. The molecule has 0 fully saturated rings. The Morgan fingerprint density at radius 1 is 1.11 bits per heavy atom. The Morgan fingerprint density at radius 2 is 1.76 bits per heavy atom. The quantitative estimate of drug-likeness (QED) is 0.345. The van der Waals surface area contributed by atoms with Crippen LogP contribution in [0.3, 0.4) is 0 Å². The number of nitrogens with one attached hydrogen (secondary N) is 2. The number of amides is 5. The molecule has 2 aromatic rings. The Morgan fingerprint density at radius 3 is 2.30 bits per heavy atom. The Labute approximate surface area is 218 Å². The second-order valence-corrected chi connectivity index (χ2v) is 8.67. The summed E-state index contributed by atoms with van der Waals surface area (Å²) in [7, 11) is 1.47. The van der Waals surface area contributed by atoms with Gasteiger partial charge in [-0.15, -0.1) is 0 Å². The molecule has 0 spiro atoms. The summed E-state index contributed by atoms with van der Waals surface area (Å²) in [4.78, 5) is 62.2. The highest BCUT2D eigenvalue weighted by Gasteiger charge is 2.31. The lowest BCUT2D eigenvalue weighted by Crippen LogP contribution is -2.54. The third kappa shape index (κ3) is 8.21. The van der Waals surface area contributed by atoms with E-state index in [0.29, 0.717) is 26.9 Å². The van der Waals surface area contributed by atoms with E-state index in [0.717, 1.165) is 0 Å². The monoisotopic (exact) mass is 532 g/mol. The van der Waals surface area contributed by atoms with Crippen LogP contribution in [0.1, 0.15) is 36.2 Å². The second kappa shape index (κ2) is 13.3. The topological polar surface area (TPSA) is 168 Å². The molecule has 0 bridgehead atoms. The highest BCUT2D eigenvalue weighted by atomic mass is 35.5. The summed E-state index contributed by atoms with van der Waals surface area (Å²) in [6.07, 6.45) is 0.327. The van der Waals surface area contributed by atoms with E-state index in [-0.39, 0.29) is 18.4 Å². The summed E-state index contributed by atoms with van der Waals surface area (Å²) in [5.74, 6) is -3.56. The van der Waals surface area contributed by atoms with Gasteiger partial charge in [0, 0.05) is 16.6 Å². The fourth-order valence-electron chi connectivity index (χ4n) is 3.50. The molecule has 5 N–H and O–H groups in total. The summed E-state index contributed by atoms with van der Waals surface area (Å²) in [5, 5.41) is 14.5. The first-order chi connectivity index (χ1) is 17.5. The number of carbonyl (C=O) groups excluding carboxylic acids is 4. The van der Waals surface area contributed by atoms with Crippen LogP contribution in [-0.2, 0) is 20.8 Å². The van der Waals surface area contributed by atoms with Crippen molar-refractivity contribution in [2.45, 2.75) is 32.7 Å². The van der Waals surface area contributed by atoms with Gasteiger partial charge in [-0.2, -0.15) is 0 Å². The SMILES string of the molecule is CCC(NC(=O)N(CC(N)=O)C(=O)C(C)Cc1cc(Cl)ccc1OC)C(=O)Nc1ccc(C(=O)O)cc1. The van der Waals surface area contributed by atoms with Crippen molar-refractivity contribution in [2.75, 3.05) is 19.0 Å². The number of urea groups is 1. The predicted molar refractivity (Wildman–Crippen MR) is 136 cm³/mol. The van der Waals surface area contributed by atoms with E-state index >= 15 is 0 Å². The number of halogens is 1. The maximum atomic E-state index is 13.2. The van der Waals surface area contributed by atoms with Gasteiger partial charge in [0.1, 0.15) is 18.3 Å². The van der Waals surface area contributed by atoms with E-state index in [9.17, 15) is 24.0 Å². The number of carboxylic acids is 1. The number of methoxy groups -OCH3 is 1. The zero-order valence-electron chi connectivity index (χ0n) is 20.6. The molecule has 2 aromatic carbocycles. The molecule has 12 heteroatoms. The van der Waals surface area contributed by atoms with Crippen LogP contribution < -0.4 is 21.1 Å². The lowest BCUT2D eigenvalue weighted by Gasteiger charge is -2.26. The minimum Gasteiger partial charge on any atom is -0.496 e. The van der Waals surface area contributed by atoms with E-state index < -0.39 is 48.2 Å². The molecule has 2 rings (SSSR count). The van der Waals surface area contributed by atoms with E-state index in [1.807, 2.05) is 0 Å². The normalized spacial score (nSPS) is 12.1. The predicted octanol–water partition coefficient (Wildman–Crippen LogP) is 2.67. The van der Waals surface area contributed by atoms with Crippen molar-refractivity contribution in [2.24, 2.45) is 11.7 Å². The number of carboxylic acid groups (broad SMARTS) is 1. The first kappa shape index (κ1) is 29.1. The van der Waals surface area contributed by atoms with Crippen LogP contribution in [-0.4, -0.2) is 59.4 Å². The highest BCUT2D eigenvalue weighted by Crippen LogP contribution is 2.26. The van der Waals surface area contributed by atoms with Crippen molar-refractivity contribution in [3.63, 3.8) is 0 Å². The van der Waals surface area contributed by atoms with E-state index in [2.05, 4.69) is 10.6 Å².